The van der Waals surface area contributed by atoms with Gasteiger partial charge in [0.2, 0.25) is 5.91 Å². The van der Waals surface area contributed by atoms with Crippen molar-refractivity contribution in [2.24, 2.45) is 5.92 Å². The molecule has 1 atom stereocenters. The lowest BCUT2D eigenvalue weighted by atomic mass is 10.0. The zero-order valence-electron chi connectivity index (χ0n) is 14.3. The third-order valence-electron chi connectivity index (χ3n) is 5.89. The molecule has 3 aliphatic rings. The van der Waals surface area contributed by atoms with Gasteiger partial charge in [-0.25, -0.2) is 4.98 Å². The highest BCUT2D eigenvalue weighted by atomic mass is 19.1. The highest BCUT2D eigenvalue weighted by molar-refractivity contribution is 5.79. The van der Waals surface area contributed by atoms with Gasteiger partial charge in [0.15, 0.2) is 0 Å². The van der Waals surface area contributed by atoms with Gasteiger partial charge in [0, 0.05) is 63.7 Å². The summed E-state index contributed by atoms with van der Waals surface area (Å²) in [6.07, 6.45) is 8.07. The highest BCUT2D eigenvalue weighted by Crippen LogP contribution is 2.26. The molecule has 0 radical (unpaired) electrons. The number of halogens is 1. The predicted octanol–water partition coefficient (Wildman–Crippen LogP) is 2.00. The molecule has 24 heavy (non-hydrogen) atoms. The van der Waals surface area contributed by atoms with E-state index in [2.05, 4.69) is 14.5 Å². The molecule has 4 heterocycles. The molecule has 4 rings (SSSR count). The van der Waals surface area contributed by atoms with E-state index in [0.29, 0.717) is 19.0 Å². The first-order chi connectivity index (χ1) is 11.7. The predicted molar refractivity (Wildman–Crippen MR) is 89.3 cm³/mol. The van der Waals surface area contributed by atoms with Crippen LogP contribution in [0, 0.1) is 5.92 Å². The molecule has 0 bridgehead atoms. The minimum atomic E-state index is -0.368. The first-order valence-electron chi connectivity index (χ1n) is 9.35. The number of rotatable bonds is 4. The van der Waals surface area contributed by atoms with Crippen molar-refractivity contribution in [3.8, 4) is 0 Å². The minimum Gasteiger partial charge on any atom is -0.339 e. The van der Waals surface area contributed by atoms with Crippen molar-refractivity contribution in [3.05, 3.63) is 17.7 Å². The Morgan fingerprint density at radius 2 is 2.04 bits per heavy atom. The van der Waals surface area contributed by atoms with Gasteiger partial charge in [-0.05, 0) is 25.7 Å². The Hall–Kier alpha value is -1.43. The van der Waals surface area contributed by atoms with Crippen molar-refractivity contribution < 1.29 is 9.18 Å². The molecular formula is C18H27FN4O. The second-order valence-corrected chi connectivity index (χ2v) is 7.55. The highest BCUT2D eigenvalue weighted by Gasteiger charge is 2.35. The van der Waals surface area contributed by atoms with E-state index in [-0.39, 0.29) is 18.5 Å². The molecule has 2 fully saturated rings. The summed E-state index contributed by atoms with van der Waals surface area (Å²) < 4.78 is 15.2. The van der Waals surface area contributed by atoms with Crippen LogP contribution >= 0.6 is 0 Å². The fourth-order valence-electron chi connectivity index (χ4n) is 4.49. The maximum atomic E-state index is 12.8. The Bertz CT molecular complexity index is 594. The van der Waals surface area contributed by atoms with Gasteiger partial charge in [-0.2, -0.15) is 0 Å². The number of aryl methyl sites for hydroxylation is 1. The SMILES string of the molecule is O=C1CC(CF)CN1C1CCN(Cc2cnc3n2CCCC3)CC1. The third-order valence-corrected chi connectivity index (χ3v) is 5.89. The molecule has 1 aromatic heterocycles. The summed E-state index contributed by atoms with van der Waals surface area (Å²) >= 11 is 0. The van der Waals surface area contributed by atoms with E-state index in [0.717, 1.165) is 45.4 Å². The normalized spacial score (nSPS) is 26.1. The number of likely N-dealkylation sites (tertiary alicyclic amines) is 2. The van der Waals surface area contributed by atoms with E-state index < -0.39 is 0 Å². The lowest BCUT2D eigenvalue weighted by Crippen LogP contribution is -2.45. The van der Waals surface area contributed by atoms with Gasteiger partial charge >= 0.3 is 0 Å². The Balaban J connectivity index is 1.32. The lowest BCUT2D eigenvalue weighted by Gasteiger charge is -2.37. The van der Waals surface area contributed by atoms with Crippen LogP contribution in [0.2, 0.25) is 0 Å². The molecule has 5 nitrogen and oxygen atoms in total. The summed E-state index contributed by atoms with van der Waals surface area (Å²) in [5.41, 5.74) is 1.33. The van der Waals surface area contributed by atoms with Crippen LogP contribution in [0.15, 0.2) is 6.20 Å². The van der Waals surface area contributed by atoms with E-state index in [1.54, 1.807) is 0 Å². The summed E-state index contributed by atoms with van der Waals surface area (Å²) in [6, 6.07) is 0.310. The topological polar surface area (TPSA) is 41.4 Å². The molecule has 1 aromatic rings. The molecule has 0 N–H and O–H groups in total. The van der Waals surface area contributed by atoms with Crippen LogP contribution in [0.4, 0.5) is 4.39 Å². The number of fused-ring (bicyclic) bond motifs is 1. The number of piperidine rings is 1. The largest absolute Gasteiger partial charge is 0.339 e. The van der Waals surface area contributed by atoms with Crippen molar-refractivity contribution in [3.63, 3.8) is 0 Å². The van der Waals surface area contributed by atoms with Gasteiger partial charge in [-0.1, -0.05) is 0 Å². The molecule has 0 aliphatic carbocycles. The van der Waals surface area contributed by atoms with E-state index in [1.165, 1.54) is 24.4 Å². The maximum Gasteiger partial charge on any atom is 0.223 e. The first kappa shape index (κ1) is 16.1. The fourth-order valence-corrected chi connectivity index (χ4v) is 4.49. The average molecular weight is 334 g/mol. The van der Waals surface area contributed by atoms with Crippen LogP contribution in [0.25, 0.3) is 0 Å². The number of aromatic nitrogens is 2. The van der Waals surface area contributed by atoms with Crippen molar-refractivity contribution in [2.45, 2.75) is 57.7 Å². The molecule has 132 valence electrons. The van der Waals surface area contributed by atoms with Crippen LogP contribution in [0.3, 0.4) is 0 Å². The number of nitrogens with zero attached hydrogens (tertiary/aromatic N) is 4. The monoisotopic (exact) mass is 334 g/mol. The van der Waals surface area contributed by atoms with Gasteiger partial charge in [-0.3, -0.25) is 14.1 Å². The quantitative estimate of drug-likeness (QED) is 0.846. The van der Waals surface area contributed by atoms with Crippen molar-refractivity contribution in [1.82, 2.24) is 19.4 Å². The van der Waals surface area contributed by atoms with Crippen LogP contribution in [0.5, 0.6) is 0 Å². The Kier molecular flexibility index (Phi) is 4.57. The van der Waals surface area contributed by atoms with Crippen molar-refractivity contribution in [2.75, 3.05) is 26.3 Å². The van der Waals surface area contributed by atoms with Gasteiger partial charge in [0.05, 0.1) is 12.4 Å². The molecule has 1 unspecified atom stereocenters. The van der Waals surface area contributed by atoms with E-state index in [1.807, 2.05) is 11.1 Å². The molecule has 2 saturated heterocycles. The number of amides is 1. The zero-order valence-corrected chi connectivity index (χ0v) is 14.3. The number of carbonyl (C=O) groups excluding carboxylic acids is 1. The van der Waals surface area contributed by atoms with Gasteiger partial charge in [-0.15, -0.1) is 0 Å². The Labute approximate surface area is 142 Å². The summed E-state index contributed by atoms with van der Waals surface area (Å²) in [7, 11) is 0. The van der Waals surface area contributed by atoms with Crippen molar-refractivity contribution in [1.29, 1.82) is 0 Å². The van der Waals surface area contributed by atoms with E-state index >= 15 is 0 Å². The van der Waals surface area contributed by atoms with Crippen LogP contribution in [-0.2, 0) is 24.3 Å². The standard InChI is InChI=1S/C18H27FN4O/c19-10-14-9-18(24)23(12-14)15-4-7-21(8-5-15)13-16-11-20-17-3-1-2-6-22(16)17/h11,14-15H,1-10,12-13H2. The van der Waals surface area contributed by atoms with Gasteiger partial charge in [0.1, 0.15) is 5.82 Å². The van der Waals surface area contributed by atoms with Gasteiger partial charge in [0.25, 0.3) is 0 Å². The van der Waals surface area contributed by atoms with Crippen LogP contribution < -0.4 is 0 Å². The Morgan fingerprint density at radius 1 is 1.21 bits per heavy atom. The second-order valence-electron chi connectivity index (χ2n) is 7.55. The molecule has 1 amide bonds. The number of hydrogen-bond acceptors (Lipinski definition) is 3. The Morgan fingerprint density at radius 3 is 2.79 bits per heavy atom. The fraction of sp³-hybridized carbons (Fsp3) is 0.778. The summed E-state index contributed by atoms with van der Waals surface area (Å²) in [4.78, 5) is 21.1. The number of imidazole rings is 1. The van der Waals surface area contributed by atoms with E-state index in [9.17, 15) is 9.18 Å². The molecule has 6 heteroatoms. The van der Waals surface area contributed by atoms with E-state index in [4.69, 9.17) is 0 Å². The molecular weight excluding hydrogens is 307 g/mol. The molecule has 3 aliphatic heterocycles. The maximum absolute atomic E-state index is 12.8. The number of alkyl halides is 1. The third kappa shape index (κ3) is 3.08. The molecule has 0 spiro atoms. The lowest BCUT2D eigenvalue weighted by molar-refractivity contribution is -0.130. The number of carbonyl (C=O) groups is 1. The average Bonchev–Trinajstić information content (AvgIpc) is 3.19. The van der Waals surface area contributed by atoms with Crippen LogP contribution in [0.1, 0.15) is 43.6 Å². The second kappa shape index (κ2) is 6.82. The smallest absolute Gasteiger partial charge is 0.223 e. The molecule has 0 saturated carbocycles. The summed E-state index contributed by atoms with van der Waals surface area (Å²) in [5, 5.41) is 0. The van der Waals surface area contributed by atoms with Crippen LogP contribution in [-0.4, -0.2) is 57.6 Å². The zero-order chi connectivity index (χ0) is 16.5. The summed E-state index contributed by atoms with van der Waals surface area (Å²) in [5.74, 6) is 1.32. The number of hydrogen-bond donors (Lipinski definition) is 0. The first-order valence-corrected chi connectivity index (χ1v) is 9.35. The minimum absolute atomic E-state index is 0.0751. The molecule has 0 aromatic carbocycles. The summed E-state index contributed by atoms with van der Waals surface area (Å²) in [6.45, 7) is 4.34. The van der Waals surface area contributed by atoms with Crippen molar-refractivity contribution >= 4 is 5.91 Å². The van der Waals surface area contributed by atoms with Gasteiger partial charge < -0.3 is 9.47 Å².